The first kappa shape index (κ1) is 19.4. The SMILES string of the molecule is Cc1cc(C(=O)N2CCOC(CN(CC(=O)O)S(C)(=O)=O)C2)c(C)o1. The third-order valence-corrected chi connectivity index (χ3v) is 5.10. The van der Waals surface area contributed by atoms with Crippen LogP contribution in [0.3, 0.4) is 0 Å². The molecule has 0 aromatic carbocycles. The first-order chi connectivity index (χ1) is 11.6. The molecule has 25 heavy (non-hydrogen) atoms. The van der Waals surface area contributed by atoms with E-state index in [1.807, 2.05) is 0 Å². The summed E-state index contributed by atoms with van der Waals surface area (Å²) >= 11 is 0. The molecule has 140 valence electrons. The van der Waals surface area contributed by atoms with Crippen LogP contribution in [0.5, 0.6) is 0 Å². The number of aliphatic carboxylic acids is 1. The summed E-state index contributed by atoms with van der Waals surface area (Å²) in [5.74, 6) is -0.310. The second kappa shape index (κ2) is 7.54. The minimum Gasteiger partial charge on any atom is -0.480 e. The molecule has 0 spiro atoms. The molecule has 0 bridgehead atoms. The summed E-state index contributed by atoms with van der Waals surface area (Å²) in [7, 11) is -3.70. The Morgan fingerprint density at radius 1 is 1.40 bits per heavy atom. The van der Waals surface area contributed by atoms with Crippen LogP contribution in [0.25, 0.3) is 0 Å². The van der Waals surface area contributed by atoms with Gasteiger partial charge < -0.3 is 19.2 Å². The lowest BCUT2D eigenvalue weighted by Crippen LogP contribution is -2.51. The highest BCUT2D eigenvalue weighted by Crippen LogP contribution is 2.18. The maximum atomic E-state index is 12.6. The number of hydrogen-bond acceptors (Lipinski definition) is 6. The standard InChI is InChI=1S/C15H22N2O7S/c1-10-6-13(11(2)24-10)15(20)16-4-5-23-12(7-16)8-17(9-14(18)19)25(3,21)22/h6,12H,4-5,7-9H2,1-3H3,(H,18,19). The average Bonchev–Trinajstić information content (AvgIpc) is 2.83. The summed E-state index contributed by atoms with van der Waals surface area (Å²) in [6.45, 7) is 3.48. The van der Waals surface area contributed by atoms with E-state index in [2.05, 4.69) is 0 Å². The number of furan rings is 1. The quantitative estimate of drug-likeness (QED) is 0.749. The van der Waals surface area contributed by atoms with Gasteiger partial charge in [-0.3, -0.25) is 9.59 Å². The first-order valence-corrected chi connectivity index (χ1v) is 9.57. The molecule has 1 atom stereocenters. The summed E-state index contributed by atoms with van der Waals surface area (Å²) in [5.41, 5.74) is 0.462. The number of ether oxygens (including phenoxy) is 1. The summed E-state index contributed by atoms with van der Waals surface area (Å²) in [5, 5.41) is 8.88. The fourth-order valence-electron chi connectivity index (χ4n) is 2.72. The lowest BCUT2D eigenvalue weighted by atomic mass is 10.2. The zero-order valence-corrected chi connectivity index (χ0v) is 15.2. The van der Waals surface area contributed by atoms with Gasteiger partial charge in [-0.25, -0.2) is 8.42 Å². The molecule has 1 aliphatic heterocycles. The summed E-state index contributed by atoms with van der Waals surface area (Å²) in [6, 6.07) is 1.66. The van der Waals surface area contributed by atoms with Crippen molar-refractivity contribution in [2.24, 2.45) is 0 Å². The number of morpholine rings is 1. The molecule has 1 N–H and O–H groups in total. The number of carboxylic acids is 1. The average molecular weight is 374 g/mol. The molecule has 1 fully saturated rings. The van der Waals surface area contributed by atoms with Crippen molar-refractivity contribution in [2.75, 3.05) is 39.0 Å². The molecule has 1 aliphatic rings. The maximum absolute atomic E-state index is 12.6. The summed E-state index contributed by atoms with van der Waals surface area (Å²) < 4.78 is 35.2. The second-order valence-corrected chi connectivity index (χ2v) is 8.00. The number of nitrogens with zero attached hydrogens (tertiary/aromatic N) is 2. The number of sulfonamides is 1. The molecule has 1 saturated heterocycles. The normalized spacial score (nSPS) is 18.6. The van der Waals surface area contributed by atoms with E-state index in [9.17, 15) is 18.0 Å². The van der Waals surface area contributed by atoms with Gasteiger partial charge >= 0.3 is 5.97 Å². The van der Waals surface area contributed by atoms with Crippen LogP contribution in [-0.2, 0) is 19.6 Å². The van der Waals surface area contributed by atoms with Crippen LogP contribution >= 0.6 is 0 Å². The fourth-order valence-corrected chi connectivity index (χ4v) is 3.50. The lowest BCUT2D eigenvalue weighted by molar-refractivity contribution is -0.137. The van der Waals surface area contributed by atoms with Crippen LogP contribution < -0.4 is 0 Å². The Balaban J connectivity index is 2.08. The molecule has 1 aromatic rings. The molecule has 2 rings (SSSR count). The molecule has 9 nitrogen and oxygen atoms in total. The maximum Gasteiger partial charge on any atom is 0.318 e. The smallest absolute Gasteiger partial charge is 0.318 e. The van der Waals surface area contributed by atoms with Crippen molar-refractivity contribution in [3.8, 4) is 0 Å². The number of carbonyl (C=O) groups excluding carboxylic acids is 1. The van der Waals surface area contributed by atoms with Gasteiger partial charge in [0.15, 0.2) is 0 Å². The number of rotatable bonds is 6. The minimum absolute atomic E-state index is 0.127. The molecule has 1 aromatic heterocycles. The molecular formula is C15H22N2O7S. The minimum atomic E-state index is -3.70. The van der Waals surface area contributed by atoms with E-state index in [4.69, 9.17) is 14.3 Å². The molecule has 1 amide bonds. The Hall–Kier alpha value is -1.91. The van der Waals surface area contributed by atoms with Gasteiger partial charge in [0.25, 0.3) is 5.91 Å². The molecule has 0 aliphatic carbocycles. The van der Waals surface area contributed by atoms with Crippen molar-refractivity contribution in [2.45, 2.75) is 20.0 Å². The van der Waals surface area contributed by atoms with Crippen LogP contribution in [0.4, 0.5) is 0 Å². The number of amides is 1. The van der Waals surface area contributed by atoms with Crippen LogP contribution in [0, 0.1) is 13.8 Å². The number of carboxylic acid groups (broad SMARTS) is 1. The zero-order valence-electron chi connectivity index (χ0n) is 14.4. The number of carbonyl (C=O) groups is 2. The van der Waals surface area contributed by atoms with Crippen molar-refractivity contribution in [1.29, 1.82) is 0 Å². The molecule has 0 radical (unpaired) electrons. The molecule has 2 heterocycles. The van der Waals surface area contributed by atoms with Gasteiger partial charge in [0.1, 0.15) is 18.1 Å². The molecular weight excluding hydrogens is 352 g/mol. The second-order valence-electron chi connectivity index (χ2n) is 6.02. The van der Waals surface area contributed by atoms with Crippen LogP contribution in [-0.4, -0.2) is 79.8 Å². The van der Waals surface area contributed by atoms with Gasteiger partial charge in [-0.1, -0.05) is 0 Å². The van der Waals surface area contributed by atoms with Crippen molar-refractivity contribution in [1.82, 2.24) is 9.21 Å². The highest BCUT2D eigenvalue weighted by Gasteiger charge is 2.31. The Labute approximate surface area is 146 Å². The summed E-state index contributed by atoms with van der Waals surface area (Å²) in [6.07, 6.45) is 0.347. The zero-order chi connectivity index (χ0) is 18.8. The predicted molar refractivity (Wildman–Crippen MR) is 87.9 cm³/mol. The molecule has 0 saturated carbocycles. The third kappa shape index (κ3) is 5.03. The van der Waals surface area contributed by atoms with Gasteiger partial charge in [-0.05, 0) is 19.9 Å². The van der Waals surface area contributed by atoms with E-state index < -0.39 is 28.6 Å². The first-order valence-electron chi connectivity index (χ1n) is 7.72. The van der Waals surface area contributed by atoms with E-state index >= 15 is 0 Å². The Morgan fingerprint density at radius 2 is 2.08 bits per heavy atom. The third-order valence-electron chi connectivity index (χ3n) is 3.89. The van der Waals surface area contributed by atoms with Gasteiger partial charge in [-0.2, -0.15) is 4.31 Å². The Bertz CT molecular complexity index is 756. The largest absolute Gasteiger partial charge is 0.480 e. The van der Waals surface area contributed by atoms with Crippen molar-refractivity contribution in [3.63, 3.8) is 0 Å². The molecule has 1 unspecified atom stereocenters. The van der Waals surface area contributed by atoms with E-state index in [0.717, 1.165) is 10.6 Å². The Morgan fingerprint density at radius 3 is 2.60 bits per heavy atom. The van der Waals surface area contributed by atoms with Crippen LogP contribution in [0.2, 0.25) is 0 Å². The van der Waals surface area contributed by atoms with Crippen molar-refractivity contribution >= 4 is 21.9 Å². The topological polar surface area (TPSA) is 117 Å². The predicted octanol–water partition coefficient (Wildman–Crippen LogP) is 0.0836. The van der Waals surface area contributed by atoms with Gasteiger partial charge in [0, 0.05) is 19.6 Å². The van der Waals surface area contributed by atoms with E-state index in [1.54, 1.807) is 24.8 Å². The van der Waals surface area contributed by atoms with Crippen molar-refractivity contribution < 1.29 is 32.3 Å². The highest BCUT2D eigenvalue weighted by molar-refractivity contribution is 7.88. The van der Waals surface area contributed by atoms with Crippen LogP contribution in [0.1, 0.15) is 21.9 Å². The Kier molecular flexibility index (Phi) is 5.86. The van der Waals surface area contributed by atoms with Gasteiger partial charge in [-0.15, -0.1) is 0 Å². The molecule has 10 heteroatoms. The fraction of sp³-hybridized carbons (Fsp3) is 0.600. The van der Waals surface area contributed by atoms with E-state index in [1.165, 1.54) is 0 Å². The van der Waals surface area contributed by atoms with E-state index in [0.29, 0.717) is 23.6 Å². The highest BCUT2D eigenvalue weighted by atomic mass is 32.2. The number of hydrogen-bond donors (Lipinski definition) is 1. The van der Waals surface area contributed by atoms with E-state index in [-0.39, 0.29) is 25.6 Å². The summed E-state index contributed by atoms with van der Waals surface area (Å²) in [4.78, 5) is 25.1. The lowest BCUT2D eigenvalue weighted by Gasteiger charge is -2.34. The van der Waals surface area contributed by atoms with Crippen molar-refractivity contribution in [3.05, 3.63) is 23.2 Å². The van der Waals surface area contributed by atoms with Gasteiger partial charge in [0.2, 0.25) is 10.0 Å². The monoisotopic (exact) mass is 374 g/mol. The van der Waals surface area contributed by atoms with Gasteiger partial charge in [0.05, 0.1) is 24.5 Å². The van der Waals surface area contributed by atoms with Crippen LogP contribution in [0.15, 0.2) is 10.5 Å². The number of aryl methyl sites for hydroxylation is 2.